The maximum atomic E-state index is 12.5. The van der Waals surface area contributed by atoms with E-state index in [1.54, 1.807) is 7.11 Å². The molecule has 0 saturated carbocycles. The van der Waals surface area contributed by atoms with Gasteiger partial charge >= 0.3 is 0 Å². The van der Waals surface area contributed by atoms with Crippen molar-refractivity contribution in [2.45, 2.75) is 38.8 Å². The molecule has 1 fully saturated rings. The molecule has 2 N–H and O–H groups in total. The third kappa shape index (κ3) is 4.28. The lowest BCUT2D eigenvalue weighted by Crippen LogP contribution is -2.46. The van der Waals surface area contributed by atoms with Crippen molar-refractivity contribution >= 4 is 27.5 Å². The van der Waals surface area contributed by atoms with Crippen LogP contribution >= 0.6 is 15.9 Å². The minimum atomic E-state index is -0.0990. The highest BCUT2D eigenvalue weighted by Crippen LogP contribution is 2.26. The summed E-state index contributed by atoms with van der Waals surface area (Å²) in [4.78, 5) is 12.5. The van der Waals surface area contributed by atoms with Crippen LogP contribution in [0.1, 0.15) is 31.7 Å². The Morgan fingerprint density at radius 3 is 3.05 bits per heavy atom. The van der Waals surface area contributed by atoms with E-state index in [1.165, 1.54) is 0 Å². The molecule has 116 valence electrons. The molecule has 1 aliphatic heterocycles. The zero-order valence-corrected chi connectivity index (χ0v) is 14.2. The van der Waals surface area contributed by atoms with Gasteiger partial charge in [-0.3, -0.25) is 4.79 Å². The molecule has 1 heterocycles. The summed E-state index contributed by atoms with van der Waals surface area (Å²) in [7, 11) is 1.65. The number of benzene rings is 1. The predicted molar refractivity (Wildman–Crippen MR) is 88.3 cm³/mol. The van der Waals surface area contributed by atoms with Gasteiger partial charge in [0.15, 0.2) is 0 Å². The molecule has 0 radical (unpaired) electrons. The van der Waals surface area contributed by atoms with E-state index in [-0.39, 0.29) is 11.9 Å². The summed E-state index contributed by atoms with van der Waals surface area (Å²) in [5.41, 5.74) is 1.79. The van der Waals surface area contributed by atoms with Crippen molar-refractivity contribution in [1.82, 2.24) is 5.32 Å². The maximum Gasteiger partial charge on any atom is 0.241 e. The average Bonchev–Trinajstić information content (AvgIpc) is 2.51. The molecular weight excluding hydrogens is 332 g/mol. The molecule has 2 atom stereocenters. The summed E-state index contributed by atoms with van der Waals surface area (Å²) in [6.45, 7) is 3.57. The van der Waals surface area contributed by atoms with Gasteiger partial charge in [0.2, 0.25) is 5.91 Å². The third-order valence-electron chi connectivity index (χ3n) is 4.07. The highest BCUT2D eigenvalue weighted by atomic mass is 79.9. The number of anilines is 1. The van der Waals surface area contributed by atoms with Crippen LogP contribution in [0.4, 0.5) is 5.69 Å². The van der Waals surface area contributed by atoms with Crippen LogP contribution in [-0.4, -0.2) is 25.6 Å². The van der Waals surface area contributed by atoms with E-state index in [0.717, 1.165) is 41.5 Å². The Balaban J connectivity index is 2.07. The Morgan fingerprint density at radius 2 is 2.33 bits per heavy atom. The highest BCUT2D eigenvalue weighted by molar-refractivity contribution is 9.10. The minimum absolute atomic E-state index is 0.0450. The smallest absolute Gasteiger partial charge is 0.241 e. The van der Waals surface area contributed by atoms with Gasteiger partial charge in [0.25, 0.3) is 0 Å². The van der Waals surface area contributed by atoms with Crippen LogP contribution in [0.2, 0.25) is 0 Å². The molecule has 4 nitrogen and oxygen atoms in total. The standard InChI is InChI=1S/C16H23BrN2O2/c1-3-11-7-8-18-15(9-11)16(20)19-14-6-4-5-13(17)12(14)10-21-2/h4-6,11,15,18H,3,7-10H2,1-2H3,(H,19,20). The molecule has 5 heteroatoms. The summed E-state index contributed by atoms with van der Waals surface area (Å²) in [5.74, 6) is 0.687. The predicted octanol–water partition coefficient (Wildman–Crippen LogP) is 3.31. The summed E-state index contributed by atoms with van der Waals surface area (Å²) in [6.07, 6.45) is 3.21. The first kappa shape index (κ1) is 16.5. The molecular formula is C16H23BrN2O2. The van der Waals surface area contributed by atoms with Crippen molar-refractivity contribution in [2.24, 2.45) is 5.92 Å². The Bertz CT molecular complexity index is 493. The average molecular weight is 355 g/mol. The van der Waals surface area contributed by atoms with Crippen LogP contribution in [0.15, 0.2) is 22.7 Å². The van der Waals surface area contributed by atoms with Crippen LogP contribution in [0.25, 0.3) is 0 Å². The molecule has 1 aromatic rings. The molecule has 1 amide bonds. The SMILES string of the molecule is CCC1CCNC(C(=O)Nc2cccc(Br)c2COC)C1. The van der Waals surface area contributed by atoms with Crippen LogP contribution in [-0.2, 0) is 16.1 Å². The summed E-state index contributed by atoms with van der Waals surface area (Å²) in [5, 5.41) is 6.35. The first-order valence-electron chi connectivity index (χ1n) is 7.46. The lowest BCUT2D eigenvalue weighted by molar-refractivity contribution is -0.119. The van der Waals surface area contributed by atoms with Crippen molar-refractivity contribution in [3.8, 4) is 0 Å². The number of carbonyl (C=O) groups excluding carboxylic acids is 1. The topological polar surface area (TPSA) is 50.4 Å². The van der Waals surface area contributed by atoms with Gasteiger partial charge < -0.3 is 15.4 Å². The molecule has 0 spiro atoms. The third-order valence-corrected chi connectivity index (χ3v) is 4.81. The second-order valence-corrected chi connectivity index (χ2v) is 6.35. The van der Waals surface area contributed by atoms with E-state index in [1.807, 2.05) is 18.2 Å². The number of carbonyl (C=O) groups is 1. The number of hydrogen-bond acceptors (Lipinski definition) is 3. The zero-order valence-electron chi connectivity index (χ0n) is 12.6. The molecule has 1 saturated heterocycles. The fourth-order valence-corrected chi connectivity index (χ4v) is 3.23. The number of amides is 1. The van der Waals surface area contributed by atoms with Gasteiger partial charge in [-0.2, -0.15) is 0 Å². The van der Waals surface area contributed by atoms with Gasteiger partial charge in [0.1, 0.15) is 0 Å². The largest absolute Gasteiger partial charge is 0.380 e. The Morgan fingerprint density at radius 1 is 1.52 bits per heavy atom. The summed E-state index contributed by atoms with van der Waals surface area (Å²) in [6, 6.07) is 5.69. The quantitative estimate of drug-likeness (QED) is 0.852. The van der Waals surface area contributed by atoms with Gasteiger partial charge in [-0.1, -0.05) is 35.3 Å². The van der Waals surface area contributed by atoms with Crippen molar-refractivity contribution < 1.29 is 9.53 Å². The zero-order chi connectivity index (χ0) is 15.2. The number of nitrogens with one attached hydrogen (secondary N) is 2. The Kier molecular flexibility index (Phi) is 6.21. The van der Waals surface area contributed by atoms with Crippen LogP contribution < -0.4 is 10.6 Å². The van der Waals surface area contributed by atoms with Gasteiger partial charge in [-0.05, 0) is 37.4 Å². The van der Waals surface area contributed by atoms with E-state index >= 15 is 0 Å². The van der Waals surface area contributed by atoms with Gasteiger partial charge in [-0.25, -0.2) is 0 Å². The summed E-state index contributed by atoms with van der Waals surface area (Å²) < 4.78 is 6.16. The van der Waals surface area contributed by atoms with Crippen molar-refractivity contribution in [3.05, 3.63) is 28.2 Å². The van der Waals surface area contributed by atoms with E-state index in [9.17, 15) is 4.79 Å². The van der Waals surface area contributed by atoms with E-state index in [4.69, 9.17) is 4.74 Å². The molecule has 2 rings (SSSR count). The number of ether oxygens (including phenoxy) is 1. The molecule has 0 aromatic heterocycles. The van der Waals surface area contributed by atoms with Crippen LogP contribution in [0.5, 0.6) is 0 Å². The lowest BCUT2D eigenvalue weighted by Gasteiger charge is -2.29. The number of hydrogen-bond donors (Lipinski definition) is 2. The van der Waals surface area contributed by atoms with Crippen LogP contribution in [0.3, 0.4) is 0 Å². The molecule has 1 aromatic carbocycles. The number of methoxy groups -OCH3 is 1. The normalized spacial score (nSPS) is 22.0. The van der Waals surface area contributed by atoms with Crippen molar-refractivity contribution in [1.29, 1.82) is 0 Å². The minimum Gasteiger partial charge on any atom is -0.380 e. The fourth-order valence-electron chi connectivity index (χ4n) is 2.75. The molecule has 1 aliphatic rings. The fraction of sp³-hybridized carbons (Fsp3) is 0.562. The first-order chi connectivity index (χ1) is 10.2. The van der Waals surface area contributed by atoms with E-state index < -0.39 is 0 Å². The van der Waals surface area contributed by atoms with E-state index in [2.05, 4.69) is 33.5 Å². The monoisotopic (exact) mass is 354 g/mol. The second-order valence-electron chi connectivity index (χ2n) is 5.49. The Hall–Kier alpha value is -0.910. The van der Waals surface area contributed by atoms with Crippen LogP contribution in [0, 0.1) is 5.92 Å². The number of piperidine rings is 1. The van der Waals surface area contributed by atoms with Crippen molar-refractivity contribution in [3.63, 3.8) is 0 Å². The lowest BCUT2D eigenvalue weighted by atomic mass is 9.90. The van der Waals surface area contributed by atoms with Gasteiger partial charge in [-0.15, -0.1) is 0 Å². The summed E-state index contributed by atoms with van der Waals surface area (Å²) >= 11 is 3.51. The highest BCUT2D eigenvalue weighted by Gasteiger charge is 2.26. The molecule has 21 heavy (non-hydrogen) atoms. The Labute approximate surface area is 134 Å². The maximum absolute atomic E-state index is 12.5. The second kappa shape index (κ2) is 7.92. The molecule has 0 bridgehead atoms. The van der Waals surface area contributed by atoms with Crippen molar-refractivity contribution in [2.75, 3.05) is 19.0 Å². The number of rotatable bonds is 5. The molecule has 0 aliphatic carbocycles. The first-order valence-corrected chi connectivity index (χ1v) is 8.25. The number of halogens is 1. The molecule has 2 unspecified atom stereocenters. The van der Waals surface area contributed by atoms with Gasteiger partial charge in [0, 0.05) is 22.8 Å². The van der Waals surface area contributed by atoms with E-state index in [0.29, 0.717) is 12.5 Å². The van der Waals surface area contributed by atoms with Gasteiger partial charge in [0.05, 0.1) is 12.6 Å².